The first-order valence-electron chi connectivity index (χ1n) is 7.69. The minimum atomic E-state index is -0.882. The Bertz CT molecular complexity index is 495. The van der Waals surface area contributed by atoms with Gasteiger partial charge in [0.05, 0.1) is 0 Å². The Morgan fingerprint density at radius 2 is 1.95 bits per heavy atom. The largest absolute Gasteiger partial charge is 0.387 e. The molecule has 2 saturated heterocycles. The van der Waals surface area contributed by atoms with Crippen molar-refractivity contribution in [2.24, 2.45) is 0 Å². The number of fused-ring (bicyclic) bond motifs is 1. The smallest absolute Gasteiger partial charge is 0.190 e. The number of nitrogens with two attached hydrogens (primary N) is 1. The summed E-state index contributed by atoms with van der Waals surface area (Å²) in [5, 5.41) is 22.5. The highest BCUT2D eigenvalue weighted by atomic mass is 16.8. The standard InChI is InChI=1S/C16H23NO5/c1-16(2)21-14-12(19)13(20-15(14)22-16)11(18)9-17-8-10-6-4-3-5-7-10/h3-7,11-15,17-19H,8-9H2,1-2H3/p+1/t11-,12+,13-,14-,15-/m1/s1. The van der Waals surface area contributed by atoms with Crippen molar-refractivity contribution >= 4 is 0 Å². The minimum Gasteiger partial charge on any atom is -0.387 e. The summed E-state index contributed by atoms with van der Waals surface area (Å²) in [6.07, 6.45) is -3.49. The first kappa shape index (κ1) is 15.9. The maximum absolute atomic E-state index is 10.3. The molecular formula is C16H24NO5+. The normalized spacial score (nSPS) is 34.5. The van der Waals surface area contributed by atoms with Crippen LogP contribution in [0, 0.1) is 0 Å². The number of aliphatic hydroxyl groups excluding tert-OH is 2. The molecule has 4 N–H and O–H groups in total. The first-order valence-corrected chi connectivity index (χ1v) is 7.69. The molecule has 6 heteroatoms. The van der Waals surface area contributed by atoms with Crippen LogP contribution in [-0.4, -0.2) is 53.3 Å². The number of rotatable bonds is 5. The van der Waals surface area contributed by atoms with Gasteiger partial charge in [0.1, 0.15) is 37.5 Å². The van der Waals surface area contributed by atoms with Crippen LogP contribution in [0.3, 0.4) is 0 Å². The number of ether oxygens (including phenoxy) is 3. The van der Waals surface area contributed by atoms with Crippen LogP contribution < -0.4 is 5.32 Å². The van der Waals surface area contributed by atoms with Crippen LogP contribution in [0.15, 0.2) is 30.3 Å². The Kier molecular flexibility index (Phi) is 4.49. The van der Waals surface area contributed by atoms with E-state index < -0.39 is 36.5 Å². The monoisotopic (exact) mass is 310 g/mol. The highest BCUT2D eigenvalue weighted by Crippen LogP contribution is 2.37. The molecule has 1 aromatic rings. The van der Waals surface area contributed by atoms with Gasteiger partial charge >= 0.3 is 0 Å². The number of benzene rings is 1. The summed E-state index contributed by atoms with van der Waals surface area (Å²) in [6.45, 7) is 4.77. The van der Waals surface area contributed by atoms with Gasteiger partial charge in [0.25, 0.3) is 0 Å². The molecule has 122 valence electrons. The molecule has 0 unspecified atom stereocenters. The molecule has 0 radical (unpaired) electrons. The first-order chi connectivity index (χ1) is 10.5. The lowest BCUT2D eigenvalue weighted by molar-refractivity contribution is -0.677. The highest BCUT2D eigenvalue weighted by molar-refractivity contribution is 5.12. The van der Waals surface area contributed by atoms with Gasteiger partial charge in [-0.3, -0.25) is 0 Å². The molecule has 2 aliphatic heterocycles. The second kappa shape index (κ2) is 6.23. The van der Waals surface area contributed by atoms with Gasteiger partial charge < -0.3 is 29.7 Å². The van der Waals surface area contributed by atoms with E-state index in [0.29, 0.717) is 6.54 Å². The van der Waals surface area contributed by atoms with Gasteiger partial charge in [-0.2, -0.15) is 0 Å². The van der Waals surface area contributed by atoms with E-state index >= 15 is 0 Å². The van der Waals surface area contributed by atoms with E-state index in [1.54, 1.807) is 13.8 Å². The van der Waals surface area contributed by atoms with Gasteiger partial charge in [-0.25, -0.2) is 0 Å². The molecule has 0 bridgehead atoms. The van der Waals surface area contributed by atoms with E-state index in [1.807, 2.05) is 35.6 Å². The molecule has 2 aliphatic rings. The number of hydrogen-bond donors (Lipinski definition) is 3. The van der Waals surface area contributed by atoms with Gasteiger partial charge in [0, 0.05) is 5.56 Å². The second-order valence-electron chi connectivity index (χ2n) is 6.34. The topological polar surface area (TPSA) is 84.8 Å². The van der Waals surface area contributed by atoms with E-state index in [1.165, 1.54) is 5.56 Å². The Balaban J connectivity index is 1.48. The molecule has 1 aromatic carbocycles. The van der Waals surface area contributed by atoms with E-state index in [-0.39, 0.29) is 0 Å². The average molecular weight is 310 g/mol. The average Bonchev–Trinajstić information content (AvgIpc) is 2.94. The van der Waals surface area contributed by atoms with Crippen LogP contribution in [0.5, 0.6) is 0 Å². The van der Waals surface area contributed by atoms with Crippen molar-refractivity contribution in [3.63, 3.8) is 0 Å². The fraction of sp³-hybridized carbons (Fsp3) is 0.625. The third-order valence-corrected chi connectivity index (χ3v) is 4.06. The maximum Gasteiger partial charge on any atom is 0.190 e. The van der Waals surface area contributed by atoms with Gasteiger partial charge in [-0.15, -0.1) is 0 Å². The zero-order valence-corrected chi connectivity index (χ0v) is 12.9. The van der Waals surface area contributed by atoms with Gasteiger partial charge in [-0.05, 0) is 13.8 Å². The Morgan fingerprint density at radius 1 is 1.23 bits per heavy atom. The predicted octanol–water partition coefficient (Wildman–Crippen LogP) is -0.652. The van der Waals surface area contributed by atoms with Crippen LogP contribution in [0.25, 0.3) is 0 Å². The molecule has 3 rings (SSSR count). The summed E-state index contributed by atoms with van der Waals surface area (Å²) >= 11 is 0. The van der Waals surface area contributed by atoms with Crippen molar-refractivity contribution < 1.29 is 29.7 Å². The van der Waals surface area contributed by atoms with Crippen molar-refractivity contribution in [1.29, 1.82) is 0 Å². The zero-order chi connectivity index (χ0) is 15.7. The lowest BCUT2D eigenvalue weighted by Gasteiger charge is -2.25. The quantitative estimate of drug-likeness (QED) is 0.673. The Labute approximate surface area is 130 Å². The van der Waals surface area contributed by atoms with Crippen LogP contribution in [-0.2, 0) is 20.8 Å². The molecule has 2 fully saturated rings. The van der Waals surface area contributed by atoms with Gasteiger partial charge in [0.2, 0.25) is 0 Å². The molecule has 2 heterocycles. The van der Waals surface area contributed by atoms with E-state index in [4.69, 9.17) is 14.2 Å². The molecule has 0 spiro atoms. The van der Waals surface area contributed by atoms with Crippen molar-refractivity contribution in [2.75, 3.05) is 6.54 Å². The molecule has 0 aliphatic carbocycles. The van der Waals surface area contributed by atoms with Crippen LogP contribution in [0.1, 0.15) is 19.4 Å². The number of hydrogen-bond acceptors (Lipinski definition) is 5. The lowest BCUT2D eigenvalue weighted by Crippen LogP contribution is -2.85. The maximum atomic E-state index is 10.3. The Morgan fingerprint density at radius 3 is 2.64 bits per heavy atom. The fourth-order valence-electron chi connectivity index (χ4n) is 3.00. The van der Waals surface area contributed by atoms with Gasteiger partial charge in [0.15, 0.2) is 12.1 Å². The van der Waals surface area contributed by atoms with Crippen molar-refractivity contribution in [2.45, 2.75) is 56.9 Å². The summed E-state index contributed by atoms with van der Waals surface area (Å²) in [6, 6.07) is 10.0. The summed E-state index contributed by atoms with van der Waals surface area (Å²) in [5.74, 6) is -0.758. The van der Waals surface area contributed by atoms with Crippen molar-refractivity contribution in [1.82, 2.24) is 0 Å². The fourth-order valence-corrected chi connectivity index (χ4v) is 3.00. The van der Waals surface area contributed by atoms with E-state index in [2.05, 4.69) is 0 Å². The molecule has 5 atom stereocenters. The lowest BCUT2D eigenvalue weighted by atomic mass is 10.1. The summed E-state index contributed by atoms with van der Waals surface area (Å²) in [4.78, 5) is 0. The van der Waals surface area contributed by atoms with E-state index in [0.717, 1.165) is 6.54 Å². The number of quaternary nitrogens is 1. The van der Waals surface area contributed by atoms with Crippen LogP contribution in [0.2, 0.25) is 0 Å². The van der Waals surface area contributed by atoms with E-state index in [9.17, 15) is 10.2 Å². The Hall–Kier alpha value is -1.02. The minimum absolute atomic E-state index is 0.444. The number of aliphatic hydroxyl groups is 2. The van der Waals surface area contributed by atoms with Crippen LogP contribution in [0.4, 0.5) is 0 Å². The van der Waals surface area contributed by atoms with Crippen LogP contribution >= 0.6 is 0 Å². The zero-order valence-electron chi connectivity index (χ0n) is 12.9. The molecule has 6 nitrogen and oxygen atoms in total. The SMILES string of the molecule is CC1(C)O[C@H]2O[C@H]([C@H](O)C[NH2+]Cc3ccccc3)[C@H](O)[C@H]2O1. The summed E-state index contributed by atoms with van der Waals surface area (Å²) in [7, 11) is 0. The summed E-state index contributed by atoms with van der Waals surface area (Å²) < 4.78 is 16.8. The molecule has 0 aromatic heterocycles. The second-order valence-corrected chi connectivity index (χ2v) is 6.34. The third kappa shape index (κ3) is 3.32. The van der Waals surface area contributed by atoms with Gasteiger partial charge in [-0.1, -0.05) is 30.3 Å². The molecule has 0 amide bonds. The van der Waals surface area contributed by atoms with Crippen molar-refractivity contribution in [3.05, 3.63) is 35.9 Å². The molecular weight excluding hydrogens is 286 g/mol. The highest BCUT2D eigenvalue weighted by Gasteiger charge is 2.56. The molecule has 22 heavy (non-hydrogen) atoms. The third-order valence-electron chi connectivity index (χ3n) is 4.06. The predicted molar refractivity (Wildman–Crippen MR) is 77.7 cm³/mol. The molecule has 0 saturated carbocycles. The van der Waals surface area contributed by atoms with Crippen molar-refractivity contribution in [3.8, 4) is 0 Å². The summed E-state index contributed by atoms with van der Waals surface area (Å²) in [5.41, 5.74) is 1.19.